The number of ketones is 1. The lowest BCUT2D eigenvalue weighted by Gasteiger charge is -2.03. The Labute approximate surface area is 192 Å². The van der Waals surface area contributed by atoms with Gasteiger partial charge in [0.1, 0.15) is 11.6 Å². The van der Waals surface area contributed by atoms with Gasteiger partial charge in [0.25, 0.3) is 5.69 Å². The highest BCUT2D eigenvalue weighted by atomic mass is 32.2. The van der Waals surface area contributed by atoms with Gasteiger partial charge in [0.2, 0.25) is 10.9 Å². The molecule has 1 heterocycles. The van der Waals surface area contributed by atoms with E-state index in [4.69, 9.17) is 0 Å². The minimum Gasteiger partial charge on any atom is -0.288 e. The first-order valence-electron chi connectivity index (χ1n) is 9.71. The monoisotopic (exact) mass is 453 g/mol. The van der Waals surface area contributed by atoms with Crippen molar-refractivity contribution in [2.24, 2.45) is 0 Å². The lowest BCUT2D eigenvalue weighted by molar-refractivity contribution is -0.387. The second kappa shape index (κ2) is 9.72. The summed E-state index contributed by atoms with van der Waals surface area (Å²) >= 11 is 1.05. The highest BCUT2D eigenvalue weighted by Gasteiger charge is 2.19. The summed E-state index contributed by atoms with van der Waals surface area (Å²) in [5.41, 5.74) is 1.29. The molecule has 1 aromatic heterocycles. The minimum absolute atomic E-state index is 0.114. The van der Waals surface area contributed by atoms with Crippen molar-refractivity contribution in [2.75, 3.05) is 0 Å². The number of rotatable bonds is 7. The van der Waals surface area contributed by atoms with E-state index in [0.29, 0.717) is 27.0 Å². The predicted octanol–water partition coefficient (Wildman–Crippen LogP) is 5.32. The zero-order valence-electron chi connectivity index (χ0n) is 17.0. The Morgan fingerprint density at radius 3 is 2.42 bits per heavy atom. The summed E-state index contributed by atoms with van der Waals surface area (Å²) < 4.78 is 0. The molecule has 0 atom stereocenters. The van der Waals surface area contributed by atoms with Gasteiger partial charge in [0, 0.05) is 17.2 Å². The van der Waals surface area contributed by atoms with Crippen molar-refractivity contribution < 1.29 is 9.72 Å². The fraction of sp³-hybridized carbons (Fsp3) is 0. The number of carbonyl (C=O) groups is 1. The Hall–Kier alpha value is -4.55. The molecular weight excluding hydrogens is 438 g/mol. The number of nitro groups is 1. The van der Waals surface area contributed by atoms with Crippen LogP contribution in [0.25, 0.3) is 17.5 Å². The third-order valence-corrected chi connectivity index (χ3v) is 5.54. The van der Waals surface area contributed by atoms with Crippen LogP contribution in [0.2, 0.25) is 0 Å². The lowest BCUT2D eigenvalue weighted by Crippen LogP contribution is -2.01. The fourth-order valence-electron chi connectivity index (χ4n) is 3.03. The SMILES string of the molecule is N#C/C(=C/c1ccc(Sc2n[nH]c(-c3ccccc3)n2)c([N+](=O)[O-])c1)C(=O)c1ccccc1. The molecule has 0 amide bonds. The van der Waals surface area contributed by atoms with Crippen LogP contribution < -0.4 is 0 Å². The number of H-pyrrole nitrogens is 1. The number of hydrogen-bond acceptors (Lipinski definition) is 7. The molecule has 0 aliphatic heterocycles. The van der Waals surface area contributed by atoms with Gasteiger partial charge in [0.05, 0.1) is 9.82 Å². The third-order valence-electron chi connectivity index (χ3n) is 4.61. The number of aromatic amines is 1. The molecule has 0 fully saturated rings. The first-order chi connectivity index (χ1) is 16.0. The van der Waals surface area contributed by atoms with Crippen LogP contribution in [0.1, 0.15) is 15.9 Å². The van der Waals surface area contributed by atoms with Crippen molar-refractivity contribution in [3.8, 4) is 17.5 Å². The number of allylic oxidation sites excluding steroid dienone is 1. The van der Waals surface area contributed by atoms with E-state index in [0.717, 1.165) is 17.3 Å². The van der Waals surface area contributed by atoms with Gasteiger partial charge in [-0.2, -0.15) is 5.26 Å². The van der Waals surface area contributed by atoms with E-state index in [1.807, 2.05) is 36.4 Å². The Kier molecular flexibility index (Phi) is 6.38. The van der Waals surface area contributed by atoms with Gasteiger partial charge < -0.3 is 0 Å². The molecule has 160 valence electrons. The van der Waals surface area contributed by atoms with Gasteiger partial charge in [-0.15, -0.1) is 5.10 Å². The maximum absolute atomic E-state index is 12.6. The number of benzene rings is 3. The molecule has 0 aliphatic rings. The van der Waals surface area contributed by atoms with Crippen molar-refractivity contribution >= 4 is 29.3 Å². The zero-order valence-corrected chi connectivity index (χ0v) is 17.8. The van der Waals surface area contributed by atoms with Gasteiger partial charge in [-0.25, -0.2) is 4.98 Å². The molecule has 8 nitrogen and oxygen atoms in total. The second-order valence-corrected chi connectivity index (χ2v) is 7.79. The largest absolute Gasteiger partial charge is 0.288 e. The van der Waals surface area contributed by atoms with Crippen molar-refractivity contribution in [1.29, 1.82) is 5.26 Å². The van der Waals surface area contributed by atoms with Gasteiger partial charge in [0.15, 0.2) is 5.82 Å². The Bertz CT molecular complexity index is 1390. The first-order valence-corrected chi connectivity index (χ1v) is 10.5. The number of hydrogen-bond donors (Lipinski definition) is 1. The Morgan fingerprint density at radius 2 is 1.76 bits per heavy atom. The number of nitrogens with one attached hydrogen (secondary N) is 1. The Morgan fingerprint density at radius 1 is 1.06 bits per heavy atom. The molecule has 9 heteroatoms. The van der Waals surface area contributed by atoms with Crippen LogP contribution in [0.4, 0.5) is 5.69 Å². The molecule has 0 unspecified atom stereocenters. The number of carbonyl (C=O) groups excluding carboxylic acids is 1. The van der Waals surface area contributed by atoms with Gasteiger partial charge in [-0.1, -0.05) is 66.7 Å². The van der Waals surface area contributed by atoms with Crippen LogP contribution in [-0.4, -0.2) is 25.9 Å². The normalized spacial score (nSPS) is 11.1. The van der Waals surface area contributed by atoms with Crippen molar-refractivity contribution in [1.82, 2.24) is 15.2 Å². The highest BCUT2D eigenvalue weighted by molar-refractivity contribution is 7.99. The number of aromatic nitrogens is 3. The first kappa shape index (κ1) is 21.7. The van der Waals surface area contributed by atoms with Gasteiger partial charge in [-0.3, -0.25) is 20.0 Å². The minimum atomic E-state index is -0.518. The van der Waals surface area contributed by atoms with Gasteiger partial charge >= 0.3 is 0 Å². The molecule has 33 heavy (non-hydrogen) atoms. The average Bonchev–Trinajstić information content (AvgIpc) is 3.32. The summed E-state index contributed by atoms with van der Waals surface area (Å²) in [6.07, 6.45) is 1.34. The van der Waals surface area contributed by atoms with E-state index in [9.17, 15) is 20.2 Å². The van der Waals surface area contributed by atoms with Crippen LogP contribution in [0.3, 0.4) is 0 Å². The lowest BCUT2D eigenvalue weighted by atomic mass is 10.0. The highest BCUT2D eigenvalue weighted by Crippen LogP contribution is 2.35. The van der Waals surface area contributed by atoms with Crippen molar-refractivity contribution in [3.05, 3.63) is 106 Å². The second-order valence-electron chi connectivity index (χ2n) is 6.78. The summed E-state index contributed by atoms with van der Waals surface area (Å²) in [6.45, 7) is 0. The molecule has 3 aromatic carbocycles. The van der Waals surface area contributed by atoms with Crippen LogP contribution in [0.15, 0.2) is 94.5 Å². The summed E-state index contributed by atoms with van der Waals surface area (Å²) in [4.78, 5) is 28.5. The van der Waals surface area contributed by atoms with Crippen molar-refractivity contribution in [3.63, 3.8) is 0 Å². The molecule has 0 saturated carbocycles. The zero-order chi connectivity index (χ0) is 23.2. The molecule has 4 aromatic rings. The molecule has 0 aliphatic carbocycles. The van der Waals surface area contributed by atoms with Crippen LogP contribution in [-0.2, 0) is 0 Å². The van der Waals surface area contributed by atoms with E-state index >= 15 is 0 Å². The van der Waals surface area contributed by atoms with Crippen LogP contribution >= 0.6 is 11.8 Å². The third kappa shape index (κ3) is 5.03. The average molecular weight is 453 g/mol. The van der Waals surface area contributed by atoms with Gasteiger partial charge in [-0.05, 0) is 29.5 Å². The van der Waals surface area contributed by atoms with Crippen molar-refractivity contribution in [2.45, 2.75) is 10.1 Å². The van der Waals surface area contributed by atoms with Crippen LogP contribution in [0, 0.1) is 21.4 Å². The predicted molar refractivity (Wildman–Crippen MR) is 123 cm³/mol. The maximum atomic E-state index is 12.6. The summed E-state index contributed by atoms with van der Waals surface area (Å²) in [6, 6.07) is 24.1. The maximum Gasteiger partial charge on any atom is 0.283 e. The topological polar surface area (TPSA) is 126 Å². The fourth-order valence-corrected chi connectivity index (χ4v) is 3.83. The molecule has 0 spiro atoms. The molecule has 4 rings (SSSR count). The molecule has 0 radical (unpaired) electrons. The van der Waals surface area contributed by atoms with E-state index < -0.39 is 10.7 Å². The van der Waals surface area contributed by atoms with E-state index in [-0.39, 0.29) is 11.3 Å². The van der Waals surface area contributed by atoms with E-state index in [2.05, 4.69) is 15.2 Å². The van der Waals surface area contributed by atoms with Crippen LogP contribution in [0.5, 0.6) is 0 Å². The number of nitrogens with zero attached hydrogens (tertiary/aromatic N) is 4. The number of nitro benzene ring substituents is 1. The van der Waals surface area contributed by atoms with E-state index in [1.165, 1.54) is 12.1 Å². The number of nitriles is 1. The number of Topliss-reactive ketones (excluding diaryl/α,β-unsaturated/α-hetero) is 1. The quantitative estimate of drug-likeness (QED) is 0.132. The van der Waals surface area contributed by atoms with E-state index in [1.54, 1.807) is 42.5 Å². The standard InChI is InChI=1S/C24H15N5O3S/c25-15-19(22(30)17-7-3-1-4-8-17)13-16-11-12-21(20(14-16)29(31)32)33-24-26-23(27-28-24)18-9-5-2-6-10-18/h1-14H,(H,26,27,28)/b19-13-. The molecule has 0 bridgehead atoms. The summed E-state index contributed by atoms with van der Waals surface area (Å²) in [5.74, 6) is 0.103. The molecule has 0 saturated heterocycles. The summed E-state index contributed by atoms with van der Waals surface area (Å²) in [5, 5.41) is 28.4. The Balaban J connectivity index is 1.61. The molecular formula is C24H15N5O3S. The summed E-state index contributed by atoms with van der Waals surface area (Å²) in [7, 11) is 0. The smallest absolute Gasteiger partial charge is 0.283 e. The molecule has 1 N–H and O–H groups in total.